The predicted molar refractivity (Wildman–Crippen MR) is 106 cm³/mol. The summed E-state index contributed by atoms with van der Waals surface area (Å²) in [6.45, 7) is 3.67. The molecule has 1 N–H and O–H groups in total. The summed E-state index contributed by atoms with van der Waals surface area (Å²) in [5.74, 6) is 2.45. The van der Waals surface area contributed by atoms with Gasteiger partial charge < -0.3 is 14.6 Å². The largest absolute Gasteiger partial charge is 0.497 e. The van der Waals surface area contributed by atoms with Crippen molar-refractivity contribution < 1.29 is 9.53 Å². The van der Waals surface area contributed by atoms with Crippen LogP contribution in [0.15, 0.2) is 42.5 Å². The first kappa shape index (κ1) is 17.6. The van der Waals surface area contributed by atoms with E-state index in [-0.39, 0.29) is 5.91 Å². The van der Waals surface area contributed by atoms with Gasteiger partial charge in [0.1, 0.15) is 11.6 Å². The number of imidazole rings is 1. The summed E-state index contributed by atoms with van der Waals surface area (Å²) < 4.78 is 5.17. The Hall–Kier alpha value is -2.82. The van der Waals surface area contributed by atoms with Gasteiger partial charge in [0, 0.05) is 19.0 Å². The number of amides is 1. The quantitative estimate of drug-likeness (QED) is 0.766. The first-order valence-corrected chi connectivity index (χ1v) is 9.49. The molecule has 0 aliphatic carbocycles. The molecule has 1 fully saturated rings. The Balaban J connectivity index is 1.36. The van der Waals surface area contributed by atoms with Gasteiger partial charge in [0.05, 0.1) is 24.6 Å². The van der Waals surface area contributed by atoms with Crippen LogP contribution in [-0.2, 0) is 11.2 Å². The molecule has 4 rings (SSSR count). The number of H-pyrrole nitrogens is 1. The van der Waals surface area contributed by atoms with Crippen LogP contribution in [0.25, 0.3) is 11.0 Å². The number of ether oxygens (including phenoxy) is 1. The fourth-order valence-corrected chi connectivity index (χ4v) is 3.77. The topological polar surface area (TPSA) is 58.2 Å². The minimum atomic E-state index is 0.193. The van der Waals surface area contributed by atoms with E-state index in [4.69, 9.17) is 9.72 Å². The van der Waals surface area contributed by atoms with Crippen LogP contribution in [0.2, 0.25) is 0 Å². The molecule has 140 valence electrons. The van der Waals surface area contributed by atoms with Gasteiger partial charge in [-0.15, -0.1) is 0 Å². The van der Waals surface area contributed by atoms with Crippen molar-refractivity contribution in [3.8, 4) is 5.75 Å². The highest BCUT2D eigenvalue weighted by Crippen LogP contribution is 2.28. The Bertz CT molecular complexity index is 938. The maximum atomic E-state index is 12.6. The third-order valence-corrected chi connectivity index (χ3v) is 5.40. The van der Waals surface area contributed by atoms with Crippen molar-refractivity contribution in [2.24, 2.45) is 0 Å². The molecule has 27 heavy (non-hydrogen) atoms. The van der Waals surface area contributed by atoms with Gasteiger partial charge in [-0.25, -0.2) is 4.98 Å². The molecule has 0 saturated carbocycles. The van der Waals surface area contributed by atoms with Gasteiger partial charge in [-0.1, -0.05) is 18.2 Å². The summed E-state index contributed by atoms with van der Waals surface area (Å²) in [5, 5.41) is 0. The van der Waals surface area contributed by atoms with Crippen LogP contribution in [0.4, 0.5) is 0 Å². The predicted octanol–water partition coefficient (Wildman–Crippen LogP) is 3.83. The number of rotatable bonds is 4. The number of carbonyl (C=O) groups is 1. The van der Waals surface area contributed by atoms with Crippen LogP contribution in [0.5, 0.6) is 5.75 Å². The molecule has 0 radical (unpaired) electrons. The van der Waals surface area contributed by atoms with E-state index in [9.17, 15) is 4.79 Å². The van der Waals surface area contributed by atoms with E-state index < -0.39 is 0 Å². The van der Waals surface area contributed by atoms with E-state index in [1.54, 1.807) is 7.11 Å². The number of carbonyl (C=O) groups excluding carboxylic acids is 1. The first-order chi connectivity index (χ1) is 13.1. The third-order valence-electron chi connectivity index (χ3n) is 5.40. The standard InChI is InChI=1S/C22H25N3O2/c1-15-3-8-19-20(13-15)24-22(23-19)17-9-11-25(12-10-17)21(26)14-16-4-6-18(27-2)7-5-16/h3-8,13,17H,9-12,14H2,1-2H3,(H,23,24). The zero-order chi connectivity index (χ0) is 18.8. The average molecular weight is 363 g/mol. The highest BCUT2D eigenvalue weighted by molar-refractivity contribution is 5.79. The summed E-state index contributed by atoms with van der Waals surface area (Å²) >= 11 is 0. The Morgan fingerprint density at radius 1 is 1.19 bits per heavy atom. The molecule has 1 aliphatic rings. The lowest BCUT2D eigenvalue weighted by molar-refractivity contribution is -0.131. The molecular formula is C22H25N3O2. The van der Waals surface area contributed by atoms with Crippen molar-refractivity contribution in [1.82, 2.24) is 14.9 Å². The number of nitrogens with one attached hydrogen (secondary N) is 1. The SMILES string of the molecule is COc1ccc(CC(=O)N2CCC(c3nc4ccc(C)cc4[nH]3)CC2)cc1. The Kier molecular flexibility index (Phi) is 4.84. The number of nitrogens with zero attached hydrogens (tertiary/aromatic N) is 2. The minimum Gasteiger partial charge on any atom is -0.497 e. The maximum Gasteiger partial charge on any atom is 0.226 e. The zero-order valence-electron chi connectivity index (χ0n) is 15.9. The molecule has 0 atom stereocenters. The summed E-state index contributed by atoms with van der Waals surface area (Å²) in [6, 6.07) is 14.0. The molecule has 0 unspecified atom stereocenters. The molecule has 2 heterocycles. The van der Waals surface area contributed by atoms with Gasteiger partial charge in [-0.2, -0.15) is 0 Å². The molecule has 0 spiro atoms. The third kappa shape index (κ3) is 3.82. The highest BCUT2D eigenvalue weighted by atomic mass is 16.5. The Morgan fingerprint density at radius 2 is 1.93 bits per heavy atom. The zero-order valence-corrected chi connectivity index (χ0v) is 15.9. The second-order valence-electron chi connectivity index (χ2n) is 7.32. The number of fused-ring (bicyclic) bond motifs is 1. The minimum absolute atomic E-state index is 0.193. The van der Waals surface area contributed by atoms with Crippen molar-refractivity contribution >= 4 is 16.9 Å². The smallest absolute Gasteiger partial charge is 0.226 e. The van der Waals surface area contributed by atoms with Crippen LogP contribution in [0.3, 0.4) is 0 Å². The van der Waals surface area contributed by atoms with E-state index in [1.165, 1.54) is 5.56 Å². The molecule has 1 amide bonds. The lowest BCUT2D eigenvalue weighted by atomic mass is 9.95. The van der Waals surface area contributed by atoms with Gasteiger partial charge in [-0.05, 0) is 55.2 Å². The lowest BCUT2D eigenvalue weighted by Gasteiger charge is -2.31. The van der Waals surface area contributed by atoms with E-state index in [0.29, 0.717) is 12.3 Å². The number of hydrogen-bond acceptors (Lipinski definition) is 3. The van der Waals surface area contributed by atoms with E-state index in [2.05, 4.69) is 30.1 Å². The Labute approximate surface area is 159 Å². The molecule has 0 bridgehead atoms. The van der Waals surface area contributed by atoms with Crippen molar-refractivity contribution in [2.75, 3.05) is 20.2 Å². The molecule has 2 aromatic carbocycles. The van der Waals surface area contributed by atoms with Crippen molar-refractivity contribution in [3.63, 3.8) is 0 Å². The van der Waals surface area contributed by atoms with Gasteiger partial charge in [0.15, 0.2) is 0 Å². The van der Waals surface area contributed by atoms with Gasteiger partial charge >= 0.3 is 0 Å². The fourth-order valence-electron chi connectivity index (χ4n) is 3.77. The van der Waals surface area contributed by atoms with E-state index >= 15 is 0 Å². The highest BCUT2D eigenvalue weighted by Gasteiger charge is 2.25. The van der Waals surface area contributed by atoms with E-state index in [0.717, 1.165) is 54.1 Å². The molecule has 5 heteroatoms. The van der Waals surface area contributed by atoms with Gasteiger partial charge in [0.2, 0.25) is 5.91 Å². The van der Waals surface area contributed by atoms with Crippen LogP contribution < -0.4 is 4.74 Å². The van der Waals surface area contributed by atoms with Crippen molar-refractivity contribution in [1.29, 1.82) is 0 Å². The van der Waals surface area contributed by atoms with Gasteiger partial charge in [-0.3, -0.25) is 4.79 Å². The second kappa shape index (κ2) is 7.43. The van der Waals surface area contributed by atoms with Crippen molar-refractivity contribution in [3.05, 3.63) is 59.4 Å². The number of methoxy groups -OCH3 is 1. The van der Waals surface area contributed by atoms with Crippen LogP contribution >= 0.6 is 0 Å². The first-order valence-electron chi connectivity index (χ1n) is 9.49. The molecule has 1 aliphatic heterocycles. The van der Waals surface area contributed by atoms with Crippen LogP contribution in [-0.4, -0.2) is 41.0 Å². The molecule has 5 nitrogen and oxygen atoms in total. The number of likely N-dealkylation sites (tertiary alicyclic amines) is 1. The van der Waals surface area contributed by atoms with Crippen molar-refractivity contribution in [2.45, 2.75) is 32.1 Å². The van der Waals surface area contributed by atoms with Gasteiger partial charge in [0.25, 0.3) is 0 Å². The van der Waals surface area contributed by atoms with Crippen LogP contribution in [0, 0.1) is 6.92 Å². The summed E-state index contributed by atoms with van der Waals surface area (Å²) in [4.78, 5) is 22.8. The monoisotopic (exact) mass is 363 g/mol. The number of aryl methyl sites for hydroxylation is 1. The summed E-state index contributed by atoms with van der Waals surface area (Å²) in [7, 11) is 1.65. The summed E-state index contributed by atoms with van der Waals surface area (Å²) in [6.07, 6.45) is 2.35. The maximum absolute atomic E-state index is 12.6. The second-order valence-corrected chi connectivity index (χ2v) is 7.32. The number of piperidine rings is 1. The number of benzene rings is 2. The lowest BCUT2D eigenvalue weighted by Crippen LogP contribution is -2.39. The van der Waals surface area contributed by atoms with E-state index in [1.807, 2.05) is 29.2 Å². The molecule has 1 saturated heterocycles. The number of aromatic nitrogens is 2. The normalized spacial score (nSPS) is 15.3. The number of hydrogen-bond donors (Lipinski definition) is 1. The molecule has 1 aromatic heterocycles. The van der Waals surface area contributed by atoms with Crippen LogP contribution in [0.1, 0.15) is 35.7 Å². The average Bonchev–Trinajstić information content (AvgIpc) is 3.12. The molecular weight excluding hydrogens is 338 g/mol. The number of aromatic amines is 1. The fraction of sp³-hybridized carbons (Fsp3) is 0.364. The summed E-state index contributed by atoms with van der Waals surface area (Å²) in [5.41, 5.74) is 4.38. The molecule has 3 aromatic rings. The Morgan fingerprint density at radius 3 is 2.63 bits per heavy atom.